The molecule has 0 amide bonds. The minimum atomic E-state index is 0.472. The molecule has 0 unspecified atom stereocenters. The largest absolute Gasteiger partial charge is 0.431 e. The standard InChI is InChI=1S/C13H16N2OS/c14-8-7-13(5-6-13)9-17-12-15-10-3-1-2-4-11(10)16-12/h1-4H,5-9,14H2. The first-order valence-electron chi connectivity index (χ1n) is 6.00. The third-order valence-electron chi connectivity index (χ3n) is 3.41. The van der Waals surface area contributed by atoms with Crippen molar-refractivity contribution in [1.29, 1.82) is 0 Å². The molecular weight excluding hydrogens is 232 g/mol. The van der Waals surface area contributed by atoms with Crippen LogP contribution in [0, 0.1) is 5.41 Å². The van der Waals surface area contributed by atoms with Gasteiger partial charge < -0.3 is 10.2 Å². The van der Waals surface area contributed by atoms with Gasteiger partial charge in [-0.25, -0.2) is 4.98 Å². The molecule has 1 heterocycles. The van der Waals surface area contributed by atoms with Gasteiger partial charge in [-0.15, -0.1) is 0 Å². The highest BCUT2D eigenvalue weighted by molar-refractivity contribution is 7.99. The summed E-state index contributed by atoms with van der Waals surface area (Å²) >= 11 is 1.72. The van der Waals surface area contributed by atoms with Crippen molar-refractivity contribution in [2.75, 3.05) is 12.3 Å². The summed E-state index contributed by atoms with van der Waals surface area (Å²) in [6, 6.07) is 7.89. The summed E-state index contributed by atoms with van der Waals surface area (Å²) in [7, 11) is 0. The number of nitrogens with zero attached hydrogens (tertiary/aromatic N) is 1. The lowest BCUT2D eigenvalue weighted by Gasteiger charge is -2.10. The molecule has 0 aliphatic heterocycles. The molecular formula is C13H16N2OS. The molecule has 0 radical (unpaired) electrons. The Bertz CT molecular complexity index is 486. The molecule has 2 aromatic rings. The predicted molar refractivity (Wildman–Crippen MR) is 70.1 cm³/mol. The zero-order valence-electron chi connectivity index (χ0n) is 9.69. The minimum Gasteiger partial charge on any atom is -0.431 e. The number of hydrogen-bond acceptors (Lipinski definition) is 4. The molecule has 0 spiro atoms. The Morgan fingerprint density at radius 3 is 2.88 bits per heavy atom. The quantitative estimate of drug-likeness (QED) is 0.826. The van der Waals surface area contributed by atoms with E-state index < -0.39 is 0 Å². The molecule has 3 rings (SSSR count). The molecule has 90 valence electrons. The van der Waals surface area contributed by atoms with E-state index in [1.54, 1.807) is 11.8 Å². The summed E-state index contributed by atoms with van der Waals surface area (Å²) in [5, 5.41) is 0.787. The minimum absolute atomic E-state index is 0.472. The van der Waals surface area contributed by atoms with Gasteiger partial charge in [-0.3, -0.25) is 0 Å². The molecule has 1 saturated carbocycles. The van der Waals surface area contributed by atoms with Crippen LogP contribution in [-0.2, 0) is 0 Å². The van der Waals surface area contributed by atoms with Gasteiger partial charge in [-0.2, -0.15) is 0 Å². The number of hydrogen-bond donors (Lipinski definition) is 1. The van der Waals surface area contributed by atoms with Crippen molar-refractivity contribution in [1.82, 2.24) is 4.98 Å². The fraction of sp³-hybridized carbons (Fsp3) is 0.462. The topological polar surface area (TPSA) is 52.0 Å². The van der Waals surface area contributed by atoms with Gasteiger partial charge in [0, 0.05) is 5.75 Å². The van der Waals surface area contributed by atoms with E-state index in [1.165, 1.54) is 12.8 Å². The molecule has 0 saturated heterocycles. The highest BCUT2D eigenvalue weighted by Crippen LogP contribution is 2.51. The van der Waals surface area contributed by atoms with Crippen LogP contribution in [0.2, 0.25) is 0 Å². The molecule has 3 nitrogen and oxygen atoms in total. The van der Waals surface area contributed by atoms with E-state index in [4.69, 9.17) is 10.2 Å². The molecule has 2 N–H and O–H groups in total. The Hall–Kier alpha value is -1.00. The monoisotopic (exact) mass is 248 g/mol. The van der Waals surface area contributed by atoms with Gasteiger partial charge >= 0.3 is 0 Å². The van der Waals surface area contributed by atoms with E-state index in [9.17, 15) is 0 Å². The highest BCUT2D eigenvalue weighted by atomic mass is 32.2. The summed E-state index contributed by atoms with van der Waals surface area (Å²) < 4.78 is 5.69. The van der Waals surface area contributed by atoms with Gasteiger partial charge in [0.25, 0.3) is 5.22 Å². The lowest BCUT2D eigenvalue weighted by atomic mass is 10.1. The van der Waals surface area contributed by atoms with E-state index in [2.05, 4.69) is 4.98 Å². The van der Waals surface area contributed by atoms with E-state index in [-0.39, 0.29) is 0 Å². The van der Waals surface area contributed by atoms with Crippen LogP contribution in [0.3, 0.4) is 0 Å². The Morgan fingerprint density at radius 2 is 2.18 bits per heavy atom. The van der Waals surface area contributed by atoms with E-state index >= 15 is 0 Å². The SMILES string of the molecule is NCCC1(CSc2nc3ccccc3o2)CC1. The lowest BCUT2D eigenvalue weighted by molar-refractivity contribution is 0.483. The summed E-state index contributed by atoms with van der Waals surface area (Å²) in [5.41, 5.74) is 7.93. The number of aromatic nitrogens is 1. The number of rotatable bonds is 5. The van der Waals surface area contributed by atoms with Gasteiger partial charge in [0.2, 0.25) is 0 Å². The Kier molecular flexibility index (Phi) is 2.84. The van der Waals surface area contributed by atoms with Gasteiger partial charge in [-0.1, -0.05) is 23.9 Å². The zero-order valence-corrected chi connectivity index (χ0v) is 10.5. The Balaban J connectivity index is 1.69. The molecule has 1 aromatic heterocycles. The van der Waals surface area contributed by atoms with Gasteiger partial charge in [0.1, 0.15) is 5.52 Å². The third kappa shape index (κ3) is 2.33. The van der Waals surface area contributed by atoms with Crippen LogP contribution in [0.15, 0.2) is 33.9 Å². The van der Waals surface area contributed by atoms with Crippen molar-refractivity contribution in [2.45, 2.75) is 24.5 Å². The van der Waals surface area contributed by atoms with E-state index in [1.807, 2.05) is 24.3 Å². The lowest BCUT2D eigenvalue weighted by Crippen LogP contribution is -2.11. The highest BCUT2D eigenvalue weighted by Gasteiger charge is 2.41. The number of nitrogens with two attached hydrogens (primary N) is 1. The van der Waals surface area contributed by atoms with E-state index in [0.29, 0.717) is 5.41 Å². The molecule has 0 atom stereocenters. The number of benzene rings is 1. The van der Waals surface area contributed by atoms with Gasteiger partial charge in [0.05, 0.1) is 0 Å². The second kappa shape index (κ2) is 4.35. The summed E-state index contributed by atoms with van der Waals surface area (Å²) in [4.78, 5) is 4.47. The van der Waals surface area contributed by atoms with Crippen LogP contribution in [0.25, 0.3) is 11.1 Å². The first kappa shape index (κ1) is 11.1. The second-order valence-electron chi connectivity index (χ2n) is 4.77. The van der Waals surface area contributed by atoms with Gasteiger partial charge in [0.15, 0.2) is 5.58 Å². The van der Waals surface area contributed by atoms with Gasteiger partial charge in [-0.05, 0) is 43.4 Å². The number of oxazole rings is 1. The summed E-state index contributed by atoms with van der Waals surface area (Å²) in [5.74, 6) is 1.08. The van der Waals surface area contributed by atoms with Crippen LogP contribution in [-0.4, -0.2) is 17.3 Å². The smallest absolute Gasteiger partial charge is 0.256 e. The Morgan fingerprint density at radius 1 is 1.35 bits per heavy atom. The molecule has 1 aliphatic rings. The normalized spacial score (nSPS) is 17.5. The number of fused-ring (bicyclic) bond motifs is 1. The van der Waals surface area contributed by atoms with Crippen molar-refractivity contribution in [3.05, 3.63) is 24.3 Å². The Labute approximate surface area is 105 Å². The number of para-hydroxylation sites is 2. The fourth-order valence-electron chi connectivity index (χ4n) is 2.08. The second-order valence-corrected chi connectivity index (χ2v) is 5.70. The zero-order chi connectivity index (χ0) is 11.7. The maximum Gasteiger partial charge on any atom is 0.256 e. The van der Waals surface area contributed by atoms with Crippen LogP contribution in [0.1, 0.15) is 19.3 Å². The van der Waals surface area contributed by atoms with Crippen LogP contribution >= 0.6 is 11.8 Å². The summed E-state index contributed by atoms with van der Waals surface area (Å²) in [6.07, 6.45) is 3.73. The molecule has 1 aromatic carbocycles. The first-order valence-corrected chi connectivity index (χ1v) is 6.98. The average Bonchev–Trinajstić information content (AvgIpc) is 2.98. The van der Waals surface area contributed by atoms with Crippen molar-refractivity contribution in [3.63, 3.8) is 0 Å². The maximum absolute atomic E-state index is 5.69. The average molecular weight is 248 g/mol. The molecule has 1 aliphatic carbocycles. The van der Waals surface area contributed by atoms with Crippen LogP contribution in [0.4, 0.5) is 0 Å². The van der Waals surface area contributed by atoms with Crippen molar-refractivity contribution in [2.24, 2.45) is 11.1 Å². The van der Waals surface area contributed by atoms with Crippen molar-refractivity contribution in [3.8, 4) is 0 Å². The first-order chi connectivity index (χ1) is 8.31. The van der Waals surface area contributed by atoms with Crippen molar-refractivity contribution < 1.29 is 4.42 Å². The van der Waals surface area contributed by atoms with Crippen LogP contribution in [0.5, 0.6) is 0 Å². The summed E-state index contributed by atoms with van der Waals surface area (Å²) in [6.45, 7) is 0.786. The van der Waals surface area contributed by atoms with Crippen LogP contribution < -0.4 is 5.73 Å². The van der Waals surface area contributed by atoms with Crippen molar-refractivity contribution >= 4 is 22.9 Å². The predicted octanol–water partition coefficient (Wildman–Crippen LogP) is 3.05. The molecule has 1 fully saturated rings. The molecule has 4 heteroatoms. The third-order valence-corrected chi connectivity index (χ3v) is 4.59. The molecule has 17 heavy (non-hydrogen) atoms. The van der Waals surface area contributed by atoms with E-state index in [0.717, 1.165) is 35.0 Å². The number of thioether (sulfide) groups is 1. The fourth-order valence-corrected chi connectivity index (χ4v) is 3.25. The molecule has 0 bridgehead atoms. The maximum atomic E-state index is 5.69.